The highest BCUT2D eigenvalue weighted by molar-refractivity contribution is 5.95. The molecule has 1 aliphatic rings. The third kappa shape index (κ3) is 8.30. The standard InChI is InChI=1S/C23H34N6O6/c1-13(2)19(28-18(31)10-26-20(32)16-9-24-7-8-25-16)21(33)27-17-12-29(14(3)30)11-15(17)22(34)35-23(4,5)6/h7-9,13,15,17,19H,10-12H2,1-6H3,(H,26,32)(H,27,33)(H,28,31)/t15-,17+,19?/m1/s1. The summed E-state index contributed by atoms with van der Waals surface area (Å²) < 4.78 is 5.48. The highest BCUT2D eigenvalue weighted by Crippen LogP contribution is 2.22. The Hall–Kier alpha value is -3.57. The van der Waals surface area contributed by atoms with Gasteiger partial charge in [-0.1, -0.05) is 13.8 Å². The highest BCUT2D eigenvalue weighted by Gasteiger charge is 2.42. The van der Waals surface area contributed by atoms with Gasteiger partial charge >= 0.3 is 5.97 Å². The van der Waals surface area contributed by atoms with E-state index in [-0.39, 0.29) is 37.2 Å². The molecule has 0 aliphatic carbocycles. The Morgan fingerprint density at radius 3 is 2.37 bits per heavy atom. The van der Waals surface area contributed by atoms with Crippen LogP contribution in [0.25, 0.3) is 0 Å². The topological polar surface area (TPSA) is 160 Å². The Morgan fingerprint density at radius 1 is 1.14 bits per heavy atom. The number of amides is 4. The molecule has 4 amide bonds. The van der Waals surface area contributed by atoms with Gasteiger partial charge in [0.25, 0.3) is 5.91 Å². The van der Waals surface area contributed by atoms with Crippen LogP contribution in [-0.2, 0) is 23.9 Å². The second-order valence-corrected chi connectivity index (χ2v) is 9.74. The average molecular weight is 491 g/mol. The first kappa shape index (κ1) is 27.7. The molecule has 0 spiro atoms. The van der Waals surface area contributed by atoms with Gasteiger partial charge < -0.3 is 25.6 Å². The SMILES string of the molecule is CC(=O)N1C[C@H](NC(=O)C(NC(=O)CNC(=O)c2cnccn2)C(C)C)[C@H](C(=O)OC(C)(C)C)C1. The molecule has 2 heterocycles. The van der Waals surface area contributed by atoms with Crippen LogP contribution >= 0.6 is 0 Å². The van der Waals surface area contributed by atoms with Gasteiger partial charge in [-0.25, -0.2) is 4.98 Å². The number of carbonyl (C=O) groups is 5. The van der Waals surface area contributed by atoms with Gasteiger partial charge in [0, 0.05) is 32.4 Å². The average Bonchev–Trinajstić information content (AvgIpc) is 3.19. The van der Waals surface area contributed by atoms with E-state index in [0.29, 0.717) is 0 Å². The fraction of sp³-hybridized carbons (Fsp3) is 0.609. The summed E-state index contributed by atoms with van der Waals surface area (Å²) in [6.45, 7) is 10.0. The zero-order valence-electron chi connectivity index (χ0n) is 21.0. The molecule has 1 unspecified atom stereocenters. The van der Waals surface area contributed by atoms with Crippen LogP contribution in [0.3, 0.4) is 0 Å². The van der Waals surface area contributed by atoms with Crippen LogP contribution in [-0.4, -0.2) is 81.8 Å². The number of rotatable bonds is 8. The van der Waals surface area contributed by atoms with Gasteiger partial charge in [0.15, 0.2) is 0 Å². The molecule has 1 aromatic rings. The molecule has 12 heteroatoms. The summed E-state index contributed by atoms with van der Waals surface area (Å²) in [6.07, 6.45) is 4.04. The Kier molecular flexibility index (Phi) is 9.26. The van der Waals surface area contributed by atoms with Gasteiger partial charge in [-0.15, -0.1) is 0 Å². The van der Waals surface area contributed by atoms with Crippen LogP contribution in [0.1, 0.15) is 52.0 Å². The first-order chi connectivity index (χ1) is 16.3. The predicted molar refractivity (Wildman–Crippen MR) is 125 cm³/mol. The lowest BCUT2D eigenvalue weighted by Gasteiger charge is -2.27. The molecule has 3 atom stereocenters. The van der Waals surface area contributed by atoms with Crippen molar-refractivity contribution >= 4 is 29.6 Å². The number of likely N-dealkylation sites (tertiary alicyclic amines) is 1. The molecule has 1 fully saturated rings. The molecule has 0 saturated carbocycles. The minimum atomic E-state index is -0.929. The van der Waals surface area contributed by atoms with Crippen molar-refractivity contribution in [1.82, 2.24) is 30.8 Å². The maximum absolute atomic E-state index is 13.1. The summed E-state index contributed by atoms with van der Waals surface area (Å²) in [5, 5.41) is 7.85. The number of hydrogen-bond acceptors (Lipinski definition) is 8. The van der Waals surface area contributed by atoms with E-state index in [1.807, 2.05) is 0 Å². The van der Waals surface area contributed by atoms with Crippen LogP contribution in [0, 0.1) is 11.8 Å². The molecular weight excluding hydrogens is 456 g/mol. The van der Waals surface area contributed by atoms with E-state index in [4.69, 9.17) is 4.74 Å². The van der Waals surface area contributed by atoms with E-state index < -0.39 is 47.3 Å². The zero-order chi connectivity index (χ0) is 26.3. The minimum absolute atomic E-state index is 0.0582. The Labute approximate surface area is 204 Å². The number of carbonyl (C=O) groups excluding carboxylic acids is 5. The van der Waals surface area contributed by atoms with Crippen molar-refractivity contribution in [2.24, 2.45) is 11.8 Å². The molecule has 1 aromatic heterocycles. The second kappa shape index (κ2) is 11.7. The molecule has 35 heavy (non-hydrogen) atoms. The van der Waals surface area contributed by atoms with Crippen LogP contribution in [0.4, 0.5) is 0 Å². The van der Waals surface area contributed by atoms with Gasteiger partial charge in [0.1, 0.15) is 17.3 Å². The number of ether oxygens (including phenoxy) is 1. The third-order valence-electron chi connectivity index (χ3n) is 5.27. The maximum atomic E-state index is 13.1. The van der Waals surface area contributed by atoms with Gasteiger partial charge in [-0.05, 0) is 26.7 Å². The molecule has 0 bridgehead atoms. The summed E-state index contributed by atoms with van der Waals surface area (Å²) in [6, 6.07) is -1.60. The van der Waals surface area contributed by atoms with Crippen molar-refractivity contribution in [2.45, 2.75) is 59.2 Å². The van der Waals surface area contributed by atoms with E-state index >= 15 is 0 Å². The number of hydrogen-bond donors (Lipinski definition) is 3. The minimum Gasteiger partial charge on any atom is -0.460 e. The summed E-state index contributed by atoms with van der Waals surface area (Å²) in [5.74, 6) is -3.41. The Morgan fingerprint density at radius 2 is 1.83 bits per heavy atom. The molecule has 1 aliphatic heterocycles. The number of nitrogens with zero attached hydrogens (tertiary/aromatic N) is 3. The molecule has 0 radical (unpaired) electrons. The normalized spacial score (nSPS) is 18.5. The maximum Gasteiger partial charge on any atom is 0.313 e. The van der Waals surface area contributed by atoms with Crippen molar-refractivity contribution in [3.05, 3.63) is 24.3 Å². The van der Waals surface area contributed by atoms with Crippen molar-refractivity contribution in [3.63, 3.8) is 0 Å². The fourth-order valence-corrected chi connectivity index (χ4v) is 3.52. The Balaban J connectivity index is 2.02. The zero-order valence-corrected chi connectivity index (χ0v) is 21.0. The van der Waals surface area contributed by atoms with Crippen LogP contribution in [0.2, 0.25) is 0 Å². The summed E-state index contributed by atoms with van der Waals surface area (Å²) in [7, 11) is 0. The van der Waals surface area contributed by atoms with Crippen molar-refractivity contribution in [2.75, 3.05) is 19.6 Å². The third-order valence-corrected chi connectivity index (χ3v) is 5.27. The lowest BCUT2D eigenvalue weighted by molar-refractivity contribution is -0.160. The van der Waals surface area contributed by atoms with Crippen molar-refractivity contribution in [3.8, 4) is 0 Å². The lowest BCUT2D eigenvalue weighted by Crippen LogP contribution is -2.55. The molecule has 2 rings (SSSR count). The lowest BCUT2D eigenvalue weighted by atomic mass is 10.00. The second-order valence-electron chi connectivity index (χ2n) is 9.74. The van der Waals surface area contributed by atoms with E-state index in [2.05, 4.69) is 25.9 Å². The van der Waals surface area contributed by atoms with E-state index in [9.17, 15) is 24.0 Å². The van der Waals surface area contributed by atoms with E-state index in [1.165, 1.54) is 30.4 Å². The monoisotopic (exact) mass is 490 g/mol. The number of nitrogens with one attached hydrogen (secondary N) is 3. The molecule has 3 N–H and O–H groups in total. The predicted octanol–water partition coefficient (Wildman–Crippen LogP) is -0.348. The first-order valence-corrected chi connectivity index (χ1v) is 11.4. The summed E-state index contributed by atoms with van der Waals surface area (Å²) in [5.41, 5.74) is -0.664. The van der Waals surface area contributed by atoms with E-state index in [1.54, 1.807) is 34.6 Å². The van der Waals surface area contributed by atoms with Crippen LogP contribution < -0.4 is 16.0 Å². The van der Waals surface area contributed by atoms with Gasteiger partial charge in [0.05, 0.1) is 24.7 Å². The summed E-state index contributed by atoms with van der Waals surface area (Å²) >= 11 is 0. The molecular formula is C23H34N6O6. The summed E-state index contributed by atoms with van der Waals surface area (Å²) in [4.78, 5) is 71.4. The van der Waals surface area contributed by atoms with Gasteiger partial charge in [-0.2, -0.15) is 0 Å². The smallest absolute Gasteiger partial charge is 0.313 e. The largest absolute Gasteiger partial charge is 0.460 e. The molecule has 0 aromatic carbocycles. The van der Waals surface area contributed by atoms with Gasteiger partial charge in [0.2, 0.25) is 17.7 Å². The van der Waals surface area contributed by atoms with Crippen LogP contribution in [0.15, 0.2) is 18.6 Å². The number of esters is 1. The van der Waals surface area contributed by atoms with Crippen molar-refractivity contribution in [1.29, 1.82) is 0 Å². The molecule has 12 nitrogen and oxygen atoms in total. The van der Waals surface area contributed by atoms with Gasteiger partial charge in [-0.3, -0.25) is 29.0 Å². The number of aromatic nitrogens is 2. The first-order valence-electron chi connectivity index (χ1n) is 11.4. The quantitative estimate of drug-likeness (QED) is 0.417. The molecule has 1 saturated heterocycles. The van der Waals surface area contributed by atoms with E-state index in [0.717, 1.165) is 0 Å². The van der Waals surface area contributed by atoms with Crippen molar-refractivity contribution < 1.29 is 28.7 Å². The fourth-order valence-electron chi connectivity index (χ4n) is 3.52. The Bertz CT molecular complexity index is 946. The highest BCUT2D eigenvalue weighted by atomic mass is 16.6. The van der Waals surface area contributed by atoms with Crippen LogP contribution in [0.5, 0.6) is 0 Å². The molecule has 192 valence electrons.